The first kappa shape index (κ1) is 11.1. The number of hydrogen-bond donors (Lipinski definition) is 1. The highest BCUT2D eigenvalue weighted by Crippen LogP contribution is 2.26. The minimum absolute atomic E-state index is 0.130. The molecule has 0 bridgehead atoms. The Balaban J connectivity index is 2.05. The second-order valence-electron chi connectivity index (χ2n) is 3.40. The maximum absolute atomic E-state index is 5.56. The number of benzene rings is 1. The number of halogens is 1. The molecule has 7 nitrogen and oxygen atoms in total. The molecule has 0 atom stereocenters. The van der Waals surface area contributed by atoms with Crippen LogP contribution < -0.4 is 5.73 Å². The Bertz CT molecular complexity index is 693. The molecule has 0 fully saturated rings. The molecule has 0 spiro atoms. The molecular weight excluding hydrogens is 349 g/mol. The van der Waals surface area contributed by atoms with Crippen LogP contribution in [0.1, 0.15) is 0 Å². The second kappa shape index (κ2) is 4.37. The highest BCUT2D eigenvalue weighted by Gasteiger charge is 2.18. The number of nitrogens with two attached hydrogens (primary N) is 1. The van der Waals surface area contributed by atoms with Gasteiger partial charge in [-0.3, -0.25) is 0 Å². The fraction of sp³-hybridized carbons (Fsp3) is 0. The Labute approximate surface area is 114 Å². The van der Waals surface area contributed by atoms with Gasteiger partial charge in [-0.1, -0.05) is 17.3 Å². The zero-order valence-electron chi connectivity index (χ0n) is 8.87. The number of rotatable bonds is 2. The molecule has 3 aromatic rings. The van der Waals surface area contributed by atoms with Crippen LogP contribution in [0, 0.1) is 3.57 Å². The molecule has 8 heteroatoms. The highest BCUT2D eigenvalue weighted by atomic mass is 127. The minimum atomic E-state index is 0.130. The first-order valence-corrected chi connectivity index (χ1v) is 6.00. The summed E-state index contributed by atoms with van der Waals surface area (Å²) >= 11 is 2.19. The molecule has 2 heterocycles. The lowest BCUT2D eigenvalue weighted by Crippen LogP contribution is -1.90. The van der Waals surface area contributed by atoms with E-state index in [0.717, 1.165) is 9.13 Å². The van der Waals surface area contributed by atoms with Crippen molar-refractivity contribution in [1.29, 1.82) is 0 Å². The Kier molecular flexibility index (Phi) is 2.70. The van der Waals surface area contributed by atoms with Crippen molar-refractivity contribution in [3.63, 3.8) is 0 Å². The third-order valence-corrected chi connectivity index (χ3v) is 3.20. The normalized spacial score (nSPS) is 10.7. The van der Waals surface area contributed by atoms with Crippen molar-refractivity contribution in [3.8, 4) is 23.0 Å². The van der Waals surface area contributed by atoms with Gasteiger partial charge in [0.05, 0.1) is 5.56 Å². The van der Waals surface area contributed by atoms with Gasteiger partial charge in [0.25, 0.3) is 5.89 Å². The Morgan fingerprint density at radius 2 is 1.94 bits per heavy atom. The van der Waals surface area contributed by atoms with E-state index in [2.05, 4.69) is 47.7 Å². The molecule has 90 valence electrons. The summed E-state index contributed by atoms with van der Waals surface area (Å²) in [6.45, 7) is 0. The predicted octanol–water partition coefficient (Wildman–Crippen LogP) is 1.97. The van der Waals surface area contributed by atoms with Crippen molar-refractivity contribution in [2.45, 2.75) is 0 Å². The van der Waals surface area contributed by atoms with Crippen molar-refractivity contribution >= 4 is 28.4 Å². The summed E-state index contributed by atoms with van der Waals surface area (Å²) in [6.07, 6.45) is 0. The summed E-state index contributed by atoms with van der Waals surface area (Å²) in [4.78, 5) is 4.22. The zero-order valence-corrected chi connectivity index (χ0v) is 11.0. The van der Waals surface area contributed by atoms with Crippen molar-refractivity contribution < 1.29 is 9.15 Å². The molecule has 0 aliphatic heterocycles. The molecule has 0 amide bonds. The Morgan fingerprint density at radius 1 is 1.11 bits per heavy atom. The smallest absolute Gasteiger partial charge is 0.259 e. The summed E-state index contributed by atoms with van der Waals surface area (Å²) in [5.41, 5.74) is 6.69. The maximum Gasteiger partial charge on any atom is 0.259 e. The van der Waals surface area contributed by atoms with Gasteiger partial charge < -0.3 is 10.3 Å². The van der Waals surface area contributed by atoms with E-state index in [4.69, 9.17) is 10.3 Å². The van der Waals surface area contributed by atoms with Crippen LogP contribution >= 0.6 is 22.6 Å². The second-order valence-corrected chi connectivity index (χ2v) is 4.56. The van der Waals surface area contributed by atoms with Crippen molar-refractivity contribution in [1.82, 2.24) is 20.5 Å². The lowest BCUT2D eigenvalue weighted by molar-refractivity contribution is 0.310. The molecule has 0 saturated heterocycles. The SMILES string of the molecule is Nc1nonc1-c1noc(-c2ccccc2I)n1. The van der Waals surface area contributed by atoms with Crippen LogP contribution in [0.3, 0.4) is 0 Å². The van der Waals surface area contributed by atoms with E-state index >= 15 is 0 Å². The molecule has 18 heavy (non-hydrogen) atoms. The van der Waals surface area contributed by atoms with Crippen LogP contribution in [0.15, 0.2) is 33.4 Å². The molecular formula is C10H6IN5O2. The van der Waals surface area contributed by atoms with Gasteiger partial charge in [-0.05, 0) is 45.0 Å². The van der Waals surface area contributed by atoms with Crippen LogP contribution in [-0.4, -0.2) is 20.5 Å². The number of nitrogen functional groups attached to an aromatic ring is 1. The third kappa shape index (κ3) is 1.83. The van der Waals surface area contributed by atoms with E-state index in [1.165, 1.54) is 0 Å². The molecule has 0 aliphatic rings. The van der Waals surface area contributed by atoms with E-state index in [-0.39, 0.29) is 17.3 Å². The number of aromatic nitrogens is 4. The monoisotopic (exact) mass is 355 g/mol. The van der Waals surface area contributed by atoms with Crippen LogP contribution in [0.5, 0.6) is 0 Å². The van der Waals surface area contributed by atoms with Crippen LogP contribution in [0.25, 0.3) is 23.0 Å². The predicted molar refractivity (Wildman–Crippen MR) is 70.2 cm³/mol. The maximum atomic E-state index is 5.56. The fourth-order valence-corrected chi connectivity index (χ4v) is 2.03. The number of anilines is 1. The summed E-state index contributed by atoms with van der Waals surface area (Å²) in [6, 6.07) is 7.67. The van der Waals surface area contributed by atoms with Crippen molar-refractivity contribution in [3.05, 3.63) is 27.8 Å². The molecule has 1 aromatic carbocycles. The van der Waals surface area contributed by atoms with E-state index in [1.54, 1.807) is 0 Å². The zero-order chi connectivity index (χ0) is 12.5. The fourth-order valence-electron chi connectivity index (χ4n) is 1.41. The van der Waals surface area contributed by atoms with E-state index < -0.39 is 0 Å². The van der Waals surface area contributed by atoms with Gasteiger partial charge in [-0.2, -0.15) is 4.98 Å². The molecule has 2 N–H and O–H groups in total. The third-order valence-electron chi connectivity index (χ3n) is 2.26. The van der Waals surface area contributed by atoms with Gasteiger partial charge in [-0.25, -0.2) is 4.63 Å². The Morgan fingerprint density at radius 3 is 2.67 bits per heavy atom. The minimum Gasteiger partial charge on any atom is -0.379 e. The molecule has 0 unspecified atom stereocenters. The summed E-state index contributed by atoms with van der Waals surface area (Å²) < 4.78 is 10.7. The molecule has 0 radical (unpaired) electrons. The molecule has 3 rings (SSSR count). The summed E-state index contributed by atoms with van der Waals surface area (Å²) in [5.74, 6) is 0.783. The highest BCUT2D eigenvalue weighted by molar-refractivity contribution is 14.1. The lowest BCUT2D eigenvalue weighted by atomic mass is 10.2. The largest absolute Gasteiger partial charge is 0.379 e. The van der Waals surface area contributed by atoms with Gasteiger partial charge in [0, 0.05) is 3.57 Å². The standard InChI is InChI=1S/C10H6IN5O2/c11-6-4-2-1-3-5(6)10-13-9(16-17-10)7-8(12)15-18-14-7/h1-4H,(H2,12,15). The quantitative estimate of drug-likeness (QED) is 0.701. The summed E-state index contributed by atoms with van der Waals surface area (Å²) in [7, 11) is 0. The van der Waals surface area contributed by atoms with Gasteiger partial charge in [0.15, 0.2) is 11.5 Å². The average Bonchev–Trinajstić information content (AvgIpc) is 2.98. The van der Waals surface area contributed by atoms with E-state index in [1.807, 2.05) is 24.3 Å². The average molecular weight is 355 g/mol. The van der Waals surface area contributed by atoms with Gasteiger partial charge in [0.1, 0.15) is 0 Å². The van der Waals surface area contributed by atoms with Gasteiger partial charge in [-0.15, -0.1) is 0 Å². The number of hydrogen-bond acceptors (Lipinski definition) is 7. The van der Waals surface area contributed by atoms with Crippen molar-refractivity contribution in [2.24, 2.45) is 0 Å². The summed E-state index contributed by atoms with van der Waals surface area (Å²) in [5, 5.41) is 10.9. The van der Waals surface area contributed by atoms with Crippen LogP contribution in [-0.2, 0) is 0 Å². The topological polar surface area (TPSA) is 104 Å². The lowest BCUT2D eigenvalue weighted by Gasteiger charge is -1.95. The first-order chi connectivity index (χ1) is 8.75. The molecule has 2 aromatic heterocycles. The molecule has 0 aliphatic carbocycles. The van der Waals surface area contributed by atoms with Crippen molar-refractivity contribution in [2.75, 3.05) is 5.73 Å². The van der Waals surface area contributed by atoms with E-state index in [9.17, 15) is 0 Å². The Hall–Kier alpha value is -1.97. The van der Waals surface area contributed by atoms with E-state index in [0.29, 0.717) is 5.89 Å². The van der Waals surface area contributed by atoms with Crippen LogP contribution in [0.2, 0.25) is 0 Å². The number of nitrogens with zero attached hydrogens (tertiary/aromatic N) is 4. The van der Waals surface area contributed by atoms with Gasteiger partial charge in [0.2, 0.25) is 5.82 Å². The van der Waals surface area contributed by atoms with Crippen LogP contribution in [0.4, 0.5) is 5.82 Å². The molecule has 0 saturated carbocycles. The first-order valence-electron chi connectivity index (χ1n) is 4.92. The van der Waals surface area contributed by atoms with Gasteiger partial charge >= 0.3 is 0 Å².